The molecule has 1 aliphatic rings. The lowest BCUT2D eigenvalue weighted by Gasteiger charge is -2.12. The van der Waals surface area contributed by atoms with Crippen LogP contribution >= 0.6 is 11.6 Å². The van der Waals surface area contributed by atoms with Gasteiger partial charge in [-0.25, -0.2) is 8.42 Å². The third-order valence-corrected chi connectivity index (χ3v) is 5.52. The molecule has 1 aromatic rings. The van der Waals surface area contributed by atoms with E-state index >= 15 is 0 Å². The Labute approximate surface area is 130 Å². The van der Waals surface area contributed by atoms with Crippen molar-refractivity contribution in [2.24, 2.45) is 5.92 Å². The highest BCUT2D eigenvalue weighted by Gasteiger charge is 2.34. The normalized spacial score (nSPS) is 20.8. The zero-order chi connectivity index (χ0) is 16.5. The number of rotatable bonds is 3. The molecule has 1 saturated heterocycles. The van der Waals surface area contributed by atoms with Gasteiger partial charge in [-0.05, 0) is 30.5 Å². The summed E-state index contributed by atoms with van der Waals surface area (Å²) >= 11 is 5.49. The molecule has 1 atom stereocenters. The molecule has 0 saturated carbocycles. The summed E-state index contributed by atoms with van der Waals surface area (Å²) in [6, 6.07) is 3.08. The van der Waals surface area contributed by atoms with Gasteiger partial charge in [0.1, 0.15) is 0 Å². The number of benzene rings is 1. The van der Waals surface area contributed by atoms with E-state index in [2.05, 4.69) is 5.32 Å². The lowest BCUT2D eigenvalue weighted by Crippen LogP contribution is -2.18. The van der Waals surface area contributed by atoms with Crippen molar-refractivity contribution in [3.8, 4) is 0 Å². The first kappa shape index (κ1) is 17.1. The predicted molar refractivity (Wildman–Crippen MR) is 76.5 cm³/mol. The van der Waals surface area contributed by atoms with Gasteiger partial charge in [0.25, 0.3) is 0 Å². The largest absolute Gasteiger partial charge is 0.417 e. The predicted octanol–water partition coefficient (Wildman–Crippen LogP) is 3.12. The van der Waals surface area contributed by atoms with Crippen LogP contribution in [0.5, 0.6) is 0 Å². The van der Waals surface area contributed by atoms with Crippen molar-refractivity contribution in [1.82, 2.24) is 0 Å². The Balaban J connectivity index is 2.03. The standard InChI is InChI=1S/C13H13ClF3NO3S/c14-11-2-1-9(6-10(11)13(15,16)17)18-12(19)5-8-3-4-22(20,21)7-8/h1-2,6,8H,3-5,7H2,(H,18,19)/t8-/m0/s1. The average Bonchev–Trinajstić information content (AvgIpc) is 2.69. The van der Waals surface area contributed by atoms with Crippen molar-refractivity contribution < 1.29 is 26.4 Å². The van der Waals surface area contributed by atoms with E-state index in [-0.39, 0.29) is 29.5 Å². The molecule has 9 heteroatoms. The maximum Gasteiger partial charge on any atom is 0.417 e. The molecule has 1 amide bonds. The number of amides is 1. The fourth-order valence-electron chi connectivity index (χ4n) is 2.33. The lowest BCUT2D eigenvalue weighted by atomic mass is 10.0. The van der Waals surface area contributed by atoms with E-state index in [0.717, 1.165) is 12.1 Å². The Kier molecular flexibility index (Phi) is 4.72. The Morgan fingerprint density at radius 2 is 2.05 bits per heavy atom. The zero-order valence-corrected chi connectivity index (χ0v) is 12.9. The fraction of sp³-hybridized carbons (Fsp3) is 0.462. The highest BCUT2D eigenvalue weighted by atomic mass is 35.5. The molecule has 0 radical (unpaired) electrons. The van der Waals surface area contributed by atoms with Crippen LogP contribution in [-0.4, -0.2) is 25.8 Å². The molecule has 22 heavy (non-hydrogen) atoms. The van der Waals surface area contributed by atoms with E-state index in [4.69, 9.17) is 11.6 Å². The van der Waals surface area contributed by atoms with Gasteiger partial charge in [-0.1, -0.05) is 11.6 Å². The minimum absolute atomic E-state index is 0.0254. The molecule has 0 unspecified atom stereocenters. The number of hydrogen-bond donors (Lipinski definition) is 1. The maximum atomic E-state index is 12.7. The van der Waals surface area contributed by atoms with E-state index in [9.17, 15) is 26.4 Å². The minimum atomic E-state index is -4.61. The smallest absolute Gasteiger partial charge is 0.326 e. The number of sulfone groups is 1. The van der Waals surface area contributed by atoms with Gasteiger partial charge in [0.05, 0.1) is 22.1 Å². The SMILES string of the molecule is O=C(C[C@@H]1CCS(=O)(=O)C1)Nc1ccc(Cl)c(C(F)(F)F)c1. The van der Waals surface area contributed by atoms with Gasteiger partial charge >= 0.3 is 6.18 Å². The summed E-state index contributed by atoms with van der Waals surface area (Å²) in [6.45, 7) is 0. The molecule has 0 aromatic heterocycles. The summed E-state index contributed by atoms with van der Waals surface area (Å²) in [5, 5.41) is 1.89. The van der Waals surface area contributed by atoms with Gasteiger partial charge in [0, 0.05) is 12.1 Å². The number of carbonyl (C=O) groups excluding carboxylic acids is 1. The second kappa shape index (κ2) is 6.08. The van der Waals surface area contributed by atoms with Crippen molar-refractivity contribution in [2.75, 3.05) is 16.8 Å². The number of carbonyl (C=O) groups is 1. The number of nitrogens with one attached hydrogen (secondary N) is 1. The first-order chi connectivity index (χ1) is 10.1. The van der Waals surface area contributed by atoms with Crippen LogP contribution in [0.3, 0.4) is 0 Å². The lowest BCUT2D eigenvalue weighted by molar-refractivity contribution is -0.137. The molecule has 1 heterocycles. The average molecular weight is 356 g/mol. The topological polar surface area (TPSA) is 63.2 Å². The van der Waals surface area contributed by atoms with Gasteiger partial charge in [-0.2, -0.15) is 13.2 Å². The molecule has 2 rings (SSSR count). The van der Waals surface area contributed by atoms with Gasteiger partial charge in [0.2, 0.25) is 5.91 Å². The molecular weight excluding hydrogens is 343 g/mol. The second-order valence-corrected chi connectivity index (χ2v) is 7.85. The Morgan fingerprint density at radius 1 is 1.36 bits per heavy atom. The molecule has 122 valence electrons. The molecule has 0 spiro atoms. The molecule has 1 aliphatic heterocycles. The van der Waals surface area contributed by atoms with E-state index < -0.39 is 32.5 Å². The Morgan fingerprint density at radius 3 is 2.59 bits per heavy atom. The molecular formula is C13H13ClF3NO3S. The molecule has 4 nitrogen and oxygen atoms in total. The molecule has 0 bridgehead atoms. The quantitative estimate of drug-likeness (QED) is 0.906. The zero-order valence-electron chi connectivity index (χ0n) is 11.3. The number of hydrogen-bond acceptors (Lipinski definition) is 3. The van der Waals surface area contributed by atoms with Crippen LogP contribution in [0.2, 0.25) is 5.02 Å². The summed E-state index contributed by atoms with van der Waals surface area (Å²) in [5.41, 5.74) is -1.06. The molecule has 0 aliphatic carbocycles. The Hall–Kier alpha value is -1.28. The number of alkyl halides is 3. The molecule has 1 aromatic carbocycles. The van der Waals surface area contributed by atoms with Crippen molar-refractivity contribution in [2.45, 2.75) is 19.0 Å². The van der Waals surface area contributed by atoms with E-state index in [1.54, 1.807) is 0 Å². The van der Waals surface area contributed by atoms with Crippen LogP contribution in [0.15, 0.2) is 18.2 Å². The van der Waals surface area contributed by atoms with Gasteiger partial charge in [-0.15, -0.1) is 0 Å². The third-order valence-electron chi connectivity index (χ3n) is 3.36. The first-order valence-electron chi connectivity index (χ1n) is 6.44. The van der Waals surface area contributed by atoms with Crippen molar-refractivity contribution in [1.29, 1.82) is 0 Å². The number of halogens is 4. The van der Waals surface area contributed by atoms with Crippen LogP contribution in [0.4, 0.5) is 18.9 Å². The van der Waals surface area contributed by atoms with E-state index in [1.165, 1.54) is 6.07 Å². The highest BCUT2D eigenvalue weighted by molar-refractivity contribution is 7.91. The summed E-state index contributed by atoms with van der Waals surface area (Å²) in [4.78, 5) is 11.8. The summed E-state index contributed by atoms with van der Waals surface area (Å²) in [6.07, 6.45) is -4.26. The molecule has 1 N–H and O–H groups in total. The summed E-state index contributed by atoms with van der Waals surface area (Å²) in [5.74, 6) is -0.823. The van der Waals surface area contributed by atoms with Crippen LogP contribution in [0.25, 0.3) is 0 Å². The monoisotopic (exact) mass is 355 g/mol. The Bertz CT molecular complexity index is 688. The van der Waals surface area contributed by atoms with Crippen LogP contribution in [-0.2, 0) is 20.8 Å². The fourth-order valence-corrected chi connectivity index (χ4v) is 4.41. The third kappa shape index (κ3) is 4.36. The highest BCUT2D eigenvalue weighted by Crippen LogP contribution is 2.36. The summed E-state index contributed by atoms with van der Waals surface area (Å²) < 4.78 is 60.7. The van der Waals surface area contributed by atoms with Gasteiger partial charge in [0.15, 0.2) is 9.84 Å². The maximum absolute atomic E-state index is 12.7. The van der Waals surface area contributed by atoms with Gasteiger partial charge < -0.3 is 5.32 Å². The van der Waals surface area contributed by atoms with Crippen molar-refractivity contribution in [3.05, 3.63) is 28.8 Å². The summed E-state index contributed by atoms with van der Waals surface area (Å²) in [7, 11) is -3.09. The van der Waals surface area contributed by atoms with Crippen LogP contribution in [0.1, 0.15) is 18.4 Å². The second-order valence-electron chi connectivity index (χ2n) is 5.21. The first-order valence-corrected chi connectivity index (χ1v) is 8.64. The van der Waals surface area contributed by atoms with Gasteiger partial charge in [-0.3, -0.25) is 4.79 Å². The van der Waals surface area contributed by atoms with Crippen LogP contribution < -0.4 is 5.32 Å². The van der Waals surface area contributed by atoms with E-state index in [1.807, 2.05) is 0 Å². The number of anilines is 1. The molecule has 1 fully saturated rings. The van der Waals surface area contributed by atoms with Crippen molar-refractivity contribution in [3.63, 3.8) is 0 Å². The van der Waals surface area contributed by atoms with Crippen molar-refractivity contribution >= 4 is 33.0 Å². The van der Waals surface area contributed by atoms with Crippen LogP contribution in [0, 0.1) is 5.92 Å². The minimum Gasteiger partial charge on any atom is -0.326 e. The van der Waals surface area contributed by atoms with E-state index in [0.29, 0.717) is 6.42 Å².